The van der Waals surface area contributed by atoms with E-state index in [0.29, 0.717) is 23.7 Å². The molecule has 2 rings (SSSR count). The van der Waals surface area contributed by atoms with Crippen LogP contribution in [0.2, 0.25) is 5.02 Å². The molecule has 24 heavy (non-hydrogen) atoms. The molecule has 8 heteroatoms. The summed E-state index contributed by atoms with van der Waals surface area (Å²) in [5.41, 5.74) is 0.679. The number of likely N-dealkylation sites (N-methyl/N-ethyl adjacent to an activating group) is 1. The van der Waals surface area contributed by atoms with Gasteiger partial charge in [-0.2, -0.15) is 0 Å². The Balaban J connectivity index is 1.91. The maximum atomic E-state index is 12.4. The average molecular weight is 353 g/mol. The highest BCUT2D eigenvalue weighted by Gasteiger charge is 2.39. The number of benzene rings is 1. The summed E-state index contributed by atoms with van der Waals surface area (Å²) in [6.45, 7) is 1.28. The zero-order chi connectivity index (χ0) is 17.7. The van der Waals surface area contributed by atoms with Crippen molar-refractivity contribution in [1.29, 1.82) is 0 Å². The maximum absolute atomic E-state index is 12.4. The molecular formula is C16H21ClN4O3. The predicted molar refractivity (Wildman–Crippen MR) is 90.5 cm³/mol. The normalized spacial score (nSPS) is 17.3. The Kier molecular flexibility index (Phi) is 6.16. The molecular weight excluding hydrogens is 332 g/mol. The fourth-order valence-corrected chi connectivity index (χ4v) is 2.53. The fraction of sp³-hybridized carbons (Fsp3) is 0.438. The molecule has 130 valence electrons. The van der Waals surface area contributed by atoms with E-state index >= 15 is 0 Å². The molecule has 0 saturated carbocycles. The third kappa shape index (κ3) is 4.69. The first kappa shape index (κ1) is 18.2. The summed E-state index contributed by atoms with van der Waals surface area (Å²) in [4.78, 5) is 39.3. The van der Waals surface area contributed by atoms with Crippen molar-refractivity contribution < 1.29 is 14.4 Å². The Morgan fingerprint density at radius 2 is 2.04 bits per heavy atom. The first-order valence-electron chi connectivity index (χ1n) is 7.65. The molecule has 1 aromatic carbocycles. The van der Waals surface area contributed by atoms with Gasteiger partial charge in [-0.25, -0.2) is 4.79 Å². The van der Waals surface area contributed by atoms with Crippen molar-refractivity contribution in [3.05, 3.63) is 34.9 Å². The summed E-state index contributed by atoms with van der Waals surface area (Å²) in [5.74, 6) is -0.683. The number of imide groups is 1. The van der Waals surface area contributed by atoms with Crippen molar-refractivity contribution in [1.82, 2.24) is 20.4 Å². The smallest absolute Gasteiger partial charge is 0.325 e. The van der Waals surface area contributed by atoms with E-state index in [1.54, 1.807) is 24.3 Å². The third-order valence-electron chi connectivity index (χ3n) is 3.66. The molecule has 1 saturated heterocycles. The summed E-state index contributed by atoms with van der Waals surface area (Å²) in [5, 5.41) is 5.76. The Hall–Kier alpha value is -2.12. The van der Waals surface area contributed by atoms with E-state index < -0.39 is 18.0 Å². The van der Waals surface area contributed by atoms with E-state index in [-0.39, 0.29) is 18.9 Å². The molecule has 0 bridgehead atoms. The van der Waals surface area contributed by atoms with E-state index in [0.717, 1.165) is 4.90 Å². The van der Waals surface area contributed by atoms with Gasteiger partial charge in [0.25, 0.3) is 5.91 Å². The minimum absolute atomic E-state index is 0.0724. The molecule has 1 atom stereocenters. The summed E-state index contributed by atoms with van der Waals surface area (Å²) < 4.78 is 0. The molecule has 2 N–H and O–H groups in total. The number of nitrogens with zero attached hydrogens (tertiary/aromatic N) is 2. The number of halogens is 1. The Bertz CT molecular complexity index is 636. The highest BCUT2D eigenvalue weighted by Crippen LogP contribution is 2.20. The van der Waals surface area contributed by atoms with E-state index in [2.05, 4.69) is 10.6 Å². The summed E-state index contributed by atoms with van der Waals surface area (Å²) >= 11 is 6.06. The number of amides is 4. The lowest BCUT2D eigenvalue weighted by Crippen LogP contribution is -2.38. The monoisotopic (exact) mass is 352 g/mol. The minimum atomic E-state index is -0.834. The van der Waals surface area contributed by atoms with Crippen molar-refractivity contribution in [3.63, 3.8) is 0 Å². The van der Waals surface area contributed by atoms with Crippen LogP contribution in [0.1, 0.15) is 12.0 Å². The third-order valence-corrected chi connectivity index (χ3v) is 4.03. The molecule has 0 radical (unpaired) electrons. The predicted octanol–water partition coefficient (Wildman–Crippen LogP) is 0.828. The van der Waals surface area contributed by atoms with E-state index in [9.17, 15) is 14.4 Å². The van der Waals surface area contributed by atoms with Crippen molar-refractivity contribution >= 4 is 29.4 Å². The van der Waals surface area contributed by atoms with Gasteiger partial charge >= 0.3 is 6.03 Å². The van der Waals surface area contributed by atoms with Crippen LogP contribution in [0, 0.1) is 0 Å². The quantitative estimate of drug-likeness (QED) is 0.712. The second-order valence-corrected chi connectivity index (χ2v) is 6.28. The molecule has 1 aliphatic heterocycles. The molecule has 1 heterocycles. The van der Waals surface area contributed by atoms with Gasteiger partial charge in [0, 0.05) is 18.1 Å². The first-order chi connectivity index (χ1) is 11.4. The van der Waals surface area contributed by atoms with Crippen LogP contribution in [0.5, 0.6) is 0 Å². The van der Waals surface area contributed by atoms with Gasteiger partial charge in [0.05, 0.1) is 13.0 Å². The van der Waals surface area contributed by atoms with Gasteiger partial charge < -0.3 is 15.5 Å². The molecule has 4 amide bonds. The fourth-order valence-electron chi connectivity index (χ4n) is 2.34. The van der Waals surface area contributed by atoms with Crippen LogP contribution in [0.15, 0.2) is 24.3 Å². The highest BCUT2D eigenvalue weighted by atomic mass is 35.5. The zero-order valence-corrected chi connectivity index (χ0v) is 14.5. The summed E-state index contributed by atoms with van der Waals surface area (Å²) in [7, 11) is 3.80. The van der Waals surface area contributed by atoms with Crippen molar-refractivity contribution in [2.45, 2.75) is 19.0 Å². The van der Waals surface area contributed by atoms with Crippen LogP contribution >= 0.6 is 11.6 Å². The molecule has 0 unspecified atom stereocenters. The number of urea groups is 1. The first-order valence-corrected chi connectivity index (χ1v) is 8.03. The molecule has 0 spiro atoms. The van der Waals surface area contributed by atoms with Gasteiger partial charge in [0.2, 0.25) is 5.91 Å². The van der Waals surface area contributed by atoms with Crippen LogP contribution in [0.3, 0.4) is 0 Å². The second-order valence-electron chi connectivity index (χ2n) is 5.88. The molecule has 0 aromatic heterocycles. The van der Waals surface area contributed by atoms with Crippen LogP contribution < -0.4 is 10.6 Å². The van der Waals surface area contributed by atoms with Crippen LogP contribution in [0.4, 0.5) is 4.79 Å². The SMILES string of the molecule is CN(C)CCNC(=O)C[C@H]1NC(=O)N(Cc2ccccc2Cl)C1=O. The molecule has 1 aromatic rings. The van der Waals surface area contributed by atoms with Crippen molar-refractivity contribution in [2.75, 3.05) is 27.2 Å². The number of hydrogen-bond donors (Lipinski definition) is 2. The van der Waals surface area contributed by atoms with Gasteiger partial charge in [-0.1, -0.05) is 29.8 Å². The van der Waals surface area contributed by atoms with Gasteiger partial charge in [0.1, 0.15) is 6.04 Å². The van der Waals surface area contributed by atoms with Gasteiger partial charge in [-0.05, 0) is 25.7 Å². The lowest BCUT2D eigenvalue weighted by molar-refractivity contribution is -0.131. The van der Waals surface area contributed by atoms with Crippen LogP contribution in [-0.2, 0) is 16.1 Å². The van der Waals surface area contributed by atoms with E-state index in [1.807, 2.05) is 19.0 Å². The molecule has 0 aliphatic carbocycles. The highest BCUT2D eigenvalue weighted by molar-refractivity contribution is 6.31. The number of hydrogen-bond acceptors (Lipinski definition) is 4. The van der Waals surface area contributed by atoms with E-state index in [1.165, 1.54) is 0 Å². The minimum Gasteiger partial charge on any atom is -0.355 e. The van der Waals surface area contributed by atoms with Gasteiger partial charge in [-0.15, -0.1) is 0 Å². The second kappa shape index (κ2) is 8.12. The maximum Gasteiger partial charge on any atom is 0.325 e. The van der Waals surface area contributed by atoms with Gasteiger partial charge in [0.15, 0.2) is 0 Å². The molecule has 1 aliphatic rings. The van der Waals surface area contributed by atoms with E-state index in [4.69, 9.17) is 11.6 Å². The lowest BCUT2D eigenvalue weighted by atomic mass is 10.1. The summed E-state index contributed by atoms with van der Waals surface area (Å²) in [6, 6.07) is 5.67. The summed E-state index contributed by atoms with van der Waals surface area (Å²) in [6.07, 6.45) is -0.0724. The lowest BCUT2D eigenvalue weighted by Gasteiger charge is -2.14. The number of carbonyl (C=O) groups is 3. The Morgan fingerprint density at radius 1 is 1.33 bits per heavy atom. The number of carbonyl (C=O) groups excluding carboxylic acids is 3. The van der Waals surface area contributed by atoms with Crippen molar-refractivity contribution in [3.8, 4) is 0 Å². The van der Waals surface area contributed by atoms with Crippen LogP contribution in [-0.4, -0.2) is 60.9 Å². The topological polar surface area (TPSA) is 81.8 Å². The largest absolute Gasteiger partial charge is 0.355 e. The van der Waals surface area contributed by atoms with Crippen LogP contribution in [0.25, 0.3) is 0 Å². The molecule has 1 fully saturated rings. The zero-order valence-electron chi connectivity index (χ0n) is 13.7. The number of rotatable bonds is 7. The van der Waals surface area contributed by atoms with Gasteiger partial charge in [-0.3, -0.25) is 14.5 Å². The average Bonchev–Trinajstić information content (AvgIpc) is 2.76. The van der Waals surface area contributed by atoms with Crippen molar-refractivity contribution in [2.24, 2.45) is 0 Å². The standard InChI is InChI=1S/C16H21ClN4O3/c1-20(2)8-7-18-14(22)9-13-15(23)21(16(24)19-13)10-11-5-3-4-6-12(11)17/h3-6,13H,7-10H2,1-2H3,(H,18,22)(H,19,24)/t13-/m1/s1. The number of nitrogens with one attached hydrogen (secondary N) is 2. The Labute approximate surface area is 145 Å². The molecule has 7 nitrogen and oxygen atoms in total. The Morgan fingerprint density at radius 3 is 2.71 bits per heavy atom.